The van der Waals surface area contributed by atoms with E-state index in [0.717, 1.165) is 25.6 Å². The zero-order chi connectivity index (χ0) is 13.5. The van der Waals surface area contributed by atoms with Crippen molar-refractivity contribution in [1.82, 2.24) is 10.2 Å². The lowest BCUT2D eigenvalue weighted by molar-refractivity contribution is 0.107. The van der Waals surface area contributed by atoms with Crippen molar-refractivity contribution in [2.45, 2.75) is 46.1 Å². The van der Waals surface area contributed by atoms with Gasteiger partial charge < -0.3 is 15.0 Å². The van der Waals surface area contributed by atoms with E-state index in [4.69, 9.17) is 4.74 Å². The van der Waals surface area contributed by atoms with Gasteiger partial charge in [0, 0.05) is 32.8 Å². The Morgan fingerprint density at radius 3 is 2.61 bits per heavy atom. The molecule has 0 aliphatic heterocycles. The Balaban J connectivity index is 2.02. The number of urea groups is 1. The summed E-state index contributed by atoms with van der Waals surface area (Å²) in [7, 11) is 1.88. The summed E-state index contributed by atoms with van der Waals surface area (Å²) in [6, 6.07) is 0.403. The van der Waals surface area contributed by atoms with Gasteiger partial charge in [0.15, 0.2) is 0 Å². The van der Waals surface area contributed by atoms with E-state index in [1.54, 1.807) is 0 Å². The summed E-state index contributed by atoms with van der Waals surface area (Å²) < 4.78 is 5.47. The first-order valence-corrected chi connectivity index (χ1v) is 7.10. The molecule has 1 saturated carbocycles. The van der Waals surface area contributed by atoms with Crippen LogP contribution in [0.4, 0.5) is 4.79 Å². The van der Waals surface area contributed by atoms with Crippen LogP contribution < -0.4 is 5.32 Å². The number of carbonyl (C=O) groups is 1. The number of ether oxygens (including phenoxy) is 1. The van der Waals surface area contributed by atoms with Crippen molar-refractivity contribution < 1.29 is 9.53 Å². The van der Waals surface area contributed by atoms with Gasteiger partial charge in [0.1, 0.15) is 0 Å². The highest BCUT2D eigenvalue weighted by Crippen LogP contribution is 2.34. The van der Waals surface area contributed by atoms with E-state index in [1.165, 1.54) is 12.8 Å². The topological polar surface area (TPSA) is 41.6 Å². The number of hydrogen-bond donors (Lipinski definition) is 1. The largest absolute Gasteiger partial charge is 0.381 e. The summed E-state index contributed by atoms with van der Waals surface area (Å²) in [5, 5.41) is 2.94. The van der Waals surface area contributed by atoms with Crippen LogP contribution in [0.2, 0.25) is 0 Å². The normalized spacial score (nSPS) is 16.7. The standard InChI is InChI=1S/C14H28N2O2/c1-11(2)10-18-9-5-8-15-14(17)16(4)12(3)13-6-7-13/h11-13H,5-10H2,1-4H3,(H,15,17). The molecule has 0 aromatic carbocycles. The number of carbonyl (C=O) groups excluding carboxylic acids is 1. The van der Waals surface area contributed by atoms with E-state index in [9.17, 15) is 4.79 Å². The molecule has 1 atom stereocenters. The Morgan fingerprint density at radius 2 is 2.06 bits per heavy atom. The minimum Gasteiger partial charge on any atom is -0.381 e. The lowest BCUT2D eigenvalue weighted by atomic mass is 10.2. The Labute approximate surface area is 111 Å². The van der Waals surface area contributed by atoms with E-state index in [-0.39, 0.29) is 6.03 Å². The van der Waals surface area contributed by atoms with Gasteiger partial charge in [-0.3, -0.25) is 0 Å². The summed E-state index contributed by atoms with van der Waals surface area (Å²) in [5.41, 5.74) is 0. The molecule has 0 radical (unpaired) electrons. The number of amides is 2. The molecular weight excluding hydrogens is 228 g/mol. The third-order valence-corrected chi connectivity index (χ3v) is 3.43. The number of nitrogens with one attached hydrogen (secondary N) is 1. The Hall–Kier alpha value is -0.770. The molecule has 0 bridgehead atoms. The zero-order valence-corrected chi connectivity index (χ0v) is 12.2. The highest BCUT2D eigenvalue weighted by Gasteiger charge is 2.32. The predicted octanol–water partition coefficient (Wildman–Crippen LogP) is 2.49. The number of nitrogens with zero attached hydrogens (tertiary/aromatic N) is 1. The first-order valence-electron chi connectivity index (χ1n) is 7.10. The average molecular weight is 256 g/mol. The molecule has 1 aliphatic carbocycles. The van der Waals surface area contributed by atoms with Crippen molar-refractivity contribution in [1.29, 1.82) is 0 Å². The van der Waals surface area contributed by atoms with Gasteiger partial charge in [-0.05, 0) is 38.0 Å². The first kappa shape index (κ1) is 15.3. The van der Waals surface area contributed by atoms with Crippen LogP contribution in [0, 0.1) is 11.8 Å². The molecule has 1 unspecified atom stereocenters. The van der Waals surface area contributed by atoms with Crippen LogP contribution in [0.1, 0.15) is 40.0 Å². The van der Waals surface area contributed by atoms with Crippen molar-refractivity contribution >= 4 is 6.03 Å². The van der Waals surface area contributed by atoms with E-state index in [0.29, 0.717) is 18.5 Å². The second kappa shape index (κ2) is 7.62. The van der Waals surface area contributed by atoms with Crippen LogP contribution in [-0.4, -0.2) is 43.8 Å². The van der Waals surface area contributed by atoms with Crippen LogP contribution in [0.15, 0.2) is 0 Å². The minimum atomic E-state index is 0.0401. The second-order valence-corrected chi connectivity index (χ2v) is 5.74. The van der Waals surface area contributed by atoms with Crippen molar-refractivity contribution in [2.24, 2.45) is 11.8 Å². The molecule has 1 rings (SSSR count). The smallest absolute Gasteiger partial charge is 0.317 e. The van der Waals surface area contributed by atoms with Crippen LogP contribution in [0.25, 0.3) is 0 Å². The van der Waals surface area contributed by atoms with E-state index >= 15 is 0 Å². The molecule has 0 aromatic rings. The third kappa shape index (κ3) is 5.71. The second-order valence-electron chi connectivity index (χ2n) is 5.74. The van der Waals surface area contributed by atoms with Gasteiger partial charge in [0.2, 0.25) is 0 Å². The lowest BCUT2D eigenvalue weighted by Crippen LogP contribution is -2.43. The van der Waals surface area contributed by atoms with Crippen molar-refractivity contribution in [3.05, 3.63) is 0 Å². The Kier molecular flexibility index (Phi) is 6.47. The molecular formula is C14H28N2O2. The summed E-state index contributed by atoms with van der Waals surface area (Å²) >= 11 is 0. The molecule has 1 fully saturated rings. The third-order valence-electron chi connectivity index (χ3n) is 3.43. The van der Waals surface area contributed by atoms with Gasteiger partial charge in [-0.1, -0.05) is 13.8 Å². The maximum atomic E-state index is 11.8. The quantitative estimate of drug-likeness (QED) is 0.678. The zero-order valence-electron chi connectivity index (χ0n) is 12.2. The van der Waals surface area contributed by atoms with Gasteiger partial charge in [-0.2, -0.15) is 0 Å². The van der Waals surface area contributed by atoms with Crippen LogP contribution >= 0.6 is 0 Å². The molecule has 18 heavy (non-hydrogen) atoms. The fourth-order valence-electron chi connectivity index (χ4n) is 1.89. The monoisotopic (exact) mass is 256 g/mol. The molecule has 4 heteroatoms. The van der Waals surface area contributed by atoms with Gasteiger partial charge >= 0.3 is 6.03 Å². The maximum Gasteiger partial charge on any atom is 0.317 e. The van der Waals surface area contributed by atoms with E-state index in [2.05, 4.69) is 26.1 Å². The molecule has 0 saturated heterocycles. The SMILES string of the molecule is CC(C)COCCCNC(=O)N(C)C(C)C1CC1. The molecule has 4 nitrogen and oxygen atoms in total. The molecule has 1 aliphatic rings. The lowest BCUT2D eigenvalue weighted by Gasteiger charge is -2.25. The van der Waals surface area contributed by atoms with Gasteiger partial charge in [0.05, 0.1) is 0 Å². The molecule has 106 valence electrons. The van der Waals surface area contributed by atoms with Crippen LogP contribution in [0.3, 0.4) is 0 Å². The predicted molar refractivity (Wildman–Crippen MR) is 73.6 cm³/mol. The van der Waals surface area contributed by atoms with Crippen LogP contribution in [-0.2, 0) is 4.74 Å². The van der Waals surface area contributed by atoms with Crippen LogP contribution in [0.5, 0.6) is 0 Å². The van der Waals surface area contributed by atoms with Gasteiger partial charge in [0.25, 0.3) is 0 Å². The van der Waals surface area contributed by atoms with Crippen molar-refractivity contribution in [2.75, 3.05) is 26.8 Å². The summed E-state index contributed by atoms with van der Waals surface area (Å²) in [6.07, 6.45) is 3.41. The van der Waals surface area contributed by atoms with Gasteiger partial charge in [-0.15, -0.1) is 0 Å². The fourth-order valence-corrected chi connectivity index (χ4v) is 1.89. The molecule has 1 N–H and O–H groups in total. The highest BCUT2D eigenvalue weighted by molar-refractivity contribution is 5.74. The van der Waals surface area contributed by atoms with Crippen molar-refractivity contribution in [3.63, 3.8) is 0 Å². The number of hydrogen-bond acceptors (Lipinski definition) is 2. The summed E-state index contributed by atoms with van der Waals surface area (Å²) in [6.45, 7) is 8.61. The van der Waals surface area contributed by atoms with Gasteiger partial charge in [-0.25, -0.2) is 4.79 Å². The minimum absolute atomic E-state index is 0.0401. The van der Waals surface area contributed by atoms with E-state index < -0.39 is 0 Å². The molecule has 0 spiro atoms. The maximum absolute atomic E-state index is 11.8. The molecule has 0 aromatic heterocycles. The summed E-state index contributed by atoms with van der Waals surface area (Å²) in [4.78, 5) is 13.7. The average Bonchev–Trinajstić information content (AvgIpc) is 3.15. The fraction of sp³-hybridized carbons (Fsp3) is 0.929. The Bertz CT molecular complexity index is 252. The highest BCUT2D eigenvalue weighted by atomic mass is 16.5. The van der Waals surface area contributed by atoms with Crippen molar-refractivity contribution in [3.8, 4) is 0 Å². The number of rotatable bonds is 8. The molecule has 0 heterocycles. The van der Waals surface area contributed by atoms with E-state index in [1.807, 2.05) is 11.9 Å². The summed E-state index contributed by atoms with van der Waals surface area (Å²) in [5.74, 6) is 1.29. The Morgan fingerprint density at radius 1 is 1.39 bits per heavy atom. The molecule has 2 amide bonds. The first-order chi connectivity index (χ1) is 8.52.